The van der Waals surface area contributed by atoms with Gasteiger partial charge in [0.25, 0.3) is 0 Å². The molecule has 1 aromatic carbocycles. The number of hydrogen-bond acceptors (Lipinski definition) is 6. The lowest BCUT2D eigenvalue weighted by molar-refractivity contribution is 0.196. The predicted molar refractivity (Wildman–Crippen MR) is 109 cm³/mol. The van der Waals surface area contributed by atoms with Gasteiger partial charge in [-0.15, -0.1) is 11.3 Å². The van der Waals surface area contributed by atoms with E-state index in [1.54, 1.807) is 18.4 Å². The van der Waals surface area contributed by atoms with Gasteiger partial charge in [-0.2, -0.15) is 0 Å². The number of rotatable bonds is 9. The van der Waals surface area contributed by atoms with E-state index in [0.29, 0.717) is 24.6 Å². The second kappa shape index (κ2) is 10.7. The third kappa shape index (κ3) is 6.41. The Labute approximate surface area is 164 Å². The molecule has 0 fully saturated rings. The monoisotopic (exact) mass is 392 g/mol. The molecule has 7 nitrogen and oxygen atoms in total. The Morgan fingerprint density at radius 3 is 2.70 bits per heavy atom. The van der Waals surface area contributed by atoms with Crippen LogP contribution in [0.1, 0.15) is 28.1 Å². The van der Waals surface area contributed by atoms with Crippen LogP contribution in [0.15, 0.2) is 23.2 Å². The molecule has 2 aromatic rings. The molecule has 8 heteroatoms. The SMILES string of the molecule is CCNC(=NCc1ccc(OCCO)c(OC)c1)NCc1nc(C)c(C)s1. The molecule has 2 rings (SSSR count). The minimum atomic E-state index is -0.0366. The Hall–Kier alpha value is -2.32. The number of benzene rings is 1. The first-order valence-corrected chi connectivity index (χ1v) is 9.74. The van der Waals surface area contributed by atoms with Crippen LogP contribution < -0.4 is 20.1 Å². The highest BCUT2D eigenvalue weighted by Gasteiger charge is 2.07. The molecule has 0 spiro atoms. The number of nitrogens with zero attached hydrogens (tertiary/aromatic N) is 2. The topological polar surface area (TPSA) is 88.0 Å². The molecule has 0 amide bonds. The van der Waals surface area contributed by atoms with Gasteiger partial charge in [0.05, 0.1) is 32.5 Å². The van der Waals surface area contributed by atoms with Crippen molar-refractivity contribution in [3.05, 3.63) is 39.3 Å². The number of aliphatic hydroxyl groups excluding tert-OH is 1. The Balaban J connectivity index is 2.02. The Bertz CT molecular complexity index is 742. The van der Waals surface area contributed by atoms with E-state index in [9.17, 15) is 0 Å². The Kier molecular flexibility index (Phi) is 8.35. The largest absolute Gasteiger partial charge is 0.493 e. The molecule has 1 heterocycles. The first kappa shape index (κ1) is 21.0. The maximum Gasteiger partial charge on any atom is 0.191 e. The van der Waals surface area contributed by atoms with E-state index in [4.69, 9.17) is 14.6 Å². The molecule has 0 aliphatic carbocycles. The van der Waals surface area contributed by atoms with E-state index in [0.717, 1.165) is 28.8 Å². The molecular formula is C19H28N4O3S. The lowest BCUT2D eigenvalue weighted by Gasteiger charge is -2.12. The normalized spacial score (nSPS) is 11.4. The predicted octanol–water partition coefficient (Wildman–Crippen LogP) is 2.39. The average Bonchev–Trinajstić information content (AvgIpc) is 3.00. The molecule has 148 valence electrons. The highest BCUT2D eigenvalue weighted by Crippen LogP contribution is 2.28. The maximum atomic E-state index is 8.89. The lowest BCUT2D eigenvalue weighted by Crippen LogP contribution is -2.36. The van der Waals surface area contributed by atoms with Crippen molar-refractivity contribution >= 4 is 17.3 Å². The van der Waals surface area contributed by atoms with Gasteiger partial charge in [-0.3, -0.25) is 0 Å². The van der Waals surface area contributed by atoms with Gasteiger partial charge in [0.15, 0.2) is 17.5 Å². The third-order valence-electron chi connectivity index (χ3n) is 3.82. The third-order valence-corrected chi connectivity index (χ3v) is 4.89. The van der Waals surface area contributed by atoms with Gasteiger partial charge in [0, 0.05) is 11.4 Å². The highest BCUT2D eigenvalue weighted by atomic mass is 32.1. The molecule has 1 aromatic heterocycles. The fourth-order valence-electron chi connectivity index (χ4n) is 2.37. The highest BCUT2D eigenvalue weighted by molar-refractivity contribution is 7.11. The van der Waals surface area contributed by atoms with Crippen molar-refractivity contribution in [2.75, 3.05) is 26.9 Å². The Morgan fingerprint density at radius 2 is 2.07 bits per heavy atom. The molecule has 0 aliphatic rings. The van der Waals surface area contributed by atoms with Crippen LogP contribution in [0.2, 0.25) is 0 Å². The number of guanidine groups is 1. The van der Waals surface area contributed by atoms with E-state index >= 15 is 0 Å². The second-order valence-corrected chi connectivity index (χ2v) is 7.14. The summed E-state index contributed by atoms with van der Waals surface area (Å²) in [6.07, 6.45) is 0. The standard InChI is InChI=1S/C19H28N4O3S/c1-5-20-19(22-12-18-23-13(2)14(3)27-18)21-11-15-6-7-16(26-9-8-24)17(10-15)25-4/h6-7,10,24H,5,8-9,11-12H2,1-4H3,(H2,20,21,22). The first-order valence-electron chi connectivity index (χ1n) is 8.93. The molecule has 0 atom stereocenters. The minimum absolute atomic E-state index is 0.0366. The fourth-order valence-corrected chi connectivity index (χ4v) is 3.25. The quantitative estimate of drug-likeness (QED) is 0.449. The van der Waals surface area contributed by atoms with Gasteiger partial charge in [-0.05, 0) is 38.5 Å². The molecule has 0 saturated carbocycles. The van der Waals surface area contributed by atoms with Crippen molar-refractivity contribution < 1.29 is 14.6 Å². The summed E-state index contributed by atoms with van der Waals surface area (Å²) < 4.78 is 10.8. The van der Waals surface area contributed by atoms with Crippen molar-refractivity contribution in [2.45, 2.75) is 33.9 Å². The summed E-state index contributed by atoms with van der Waals surface area (Å²) in [5.41, 5.74) is 2.08. The van der Waals surface area contributed by atoms with Gasteiger partial charge in [0.1, 0.15) is 11.6 Å². The number of aromatic nitrogens is 1. The average molecular weight is 393 g/mol. The summed E-state index contributed by atoms with van der Waals surface area (Å²) in [6.45, 7) is 8.25. The van der Waals surface area contributed by atoms with Crippen LogP contribution in [0.3, 0.4) is 0 Å². The second-order valence-electron chi connectivity index (χ2n) is 5.86. The fraction of sp³-hybridized carbons (Fsp3) is 0.474. The first-order chi connectivity index (χ1) is 13.1. The van der Waals surface area contributed by atoms with Crippen molar-refractivity contribution in [2.24, 2.45) is 4.99 Å². The van der Waals surface area contributed by atoms with Crippen molar-refractivity contribution in [3.8, 4) is 11.5 Å². The molecule has 3 N–H and O–H groups in total. The molecule has 0 aliphatic heterocycles. The van der Waals surface area contributed by atoms with E-state index in [1.165, 1.54) is 4.88 Å². The van der Waals surface area contributed by atoms with Crippen molar-refractivity contribution in [3.63, 3.8) is 0 Å². The number of aliphatic hydroxyl groups is 1. The molecule has 0 radical (unpaired) electrons. The van der Waals surface area contributed by atoms with Gasteiger partial charge < -0.3 is 25.2 Å². The summed E-state index contributed by atoms with van der Waals surface area (Å²) in [7, 11) is 1.60. The maximum absolute atomic E-state index is 8.89. The summed E-state index contributed by atoms with van der Waals surface area (Å²) in [5.74, 6) is 1.98. The molecule has 0 unspecified atom stereocenters. The van der Waals surface area contributed by atoms with E-state index in [2.05, 4.69) is 27.5 Å². The van der Waals surface area contributed by atoms with Crippen LogP contribution in [0.25, 0.3) is 0 Å². The molecule has 0 bridgehead atoms. The van der Waals surface area contributed by atoms with Crippen molar-refractivity contribution in [1.82, 2.24) is 15.6 Å². The zero-order valence-electron chi connectivity index (χ0n) is 16.3. The number of methoxy groups -OCH3 is 1. The van der Waals surface area contributed by atoms with Crippen LogP contribution >= 0.6 is 11.3 Å². The number of thiazole rings is 1. The van der Waals surface area contributed by atoms with E-state index < -0.39 is 0 Å². The molecular weight excluding hydrogens is 364 g/mol. The number of aliphatic imine (C=N–C) groups is 1. The molecule has 27 heavy (non-hydrogen) atoms. The van der Waals surface area contributed by atoms with Crippen LogP contribution in [0.4, 0.5) is 0 Å². The van der Waals surface area contributed by atoms with Crippen LogP contribution in [-0.2, 0) is 13.1 Å². The number of aryl methyl sites for hydroxylation is 2. The lowest BCUT2D eigenvalue weighted by atomic mass is 10.2. The van der Waals surface area contributed by atoms with Gasteiger partial charge in [0.2, 0.25) is 0 Å². The van der Waals surface area contributed by atoms with Gasteiger partial charge in [-0.1, -0.05) is 6.07 Å². The number of ether oxygens (including phenoxy) is 2. The van der Waals surface area contributed by atoms with E-state index in [1.807, 2.05) is 32.0 Å². The summed E-state index contributed by atoms with van der Waals surface area (Å²) in [4.78, 5) is 10.4. The van der Waals surface area contributed by atoms with E-state index in [-0.39, 0.29) is 13.2 Å². The smallest absolute Gasteiger partial charge is 0.191 e. The Morgan fingerprint density at radius 1 is 1.26 bits per heavy atom. The number of nitrogens with one attached hydrogen (secondary N) is 2. The zero-order valence-corrected chi connectivity index (χ0v) is 17.2. The summed E-state index contributed by atoms with van der Waals surface area (Å²) in [6, 6.07) is 5.67. The van der Waals surface area contributed by atoms with Crippen molar-refractivity contribution in [1.29, 1.82) is 0 Å². The van der Waals surface area contributed by atoms with Crippen LogP contribution in [0, 0.1) is 13.8 Å². The number of hydrogen-bond donors (Lipinski definition) is 3. The van der Waals surface area contributed by atoms with Gasteiger partial charge in [-0.25, -0.2) is 9.98 Å². The van der Waals surface area contributed by atoms with Crippen LogP contribution in [0.5, 0.6) is 11.5 Å². The minimum Gasteiger partial charge on any atom is -0.493 e. The van der Waals surface area contributed by atoms with Gasteiger partial charge >= 0.3 is 0 Å². The summed E-state index contributed by atoms with van der Waals surface area (Å²) in [5, 5.41) is 16.5. The summed E-state index contributed by atoms with van der Waals surface area (Å²) >= 11 is 1.70. The van der Waals surface area contributed by atoms with Crippen LogP contribution in [-0.4, -0.2) is 42.9 Å². The zero-order chi connectivity index (χ0) is 19.6. The molecule has 0 saturated heterocycles.